The summed E-state index contributed by atoms with van der Waals surface area (Å²) in [5.41, 5.74) is 2.54. The Morgan fingerprint density at radius 2 is 1.67 bits per heavy atom. The molecular weight excluding hydrogens is 442 g/mol. The molecule has 0 aromatic heterocycles. The van der Waals surface area contributed by atoms with Crippen LogP contribution in [-0.4, -0.2) is 35.6 Å². The molecule has 2 unspecified atom stereocenters. The van der Waals surface area contributed by atoms with Crippen molar-refractivity contribution in [3.8, 4) is 5.75 Å². The van der Waals surface area contributed by atoms with Gasteiger partial charge in [0.05, 0.1) is 23.2 Å². The van der Waals surface area contributed by atoms with Gasteiger partial charge >= 0.3 is 0 Å². The van der Waals surface area contributed by atoms with E-state index in [-0.39, 0.29) is 11.9 Å². The van der Waals surface area contributed by atoms with Crippen LogP contribution in [0.25, 0.3) is 0 Å². The summed E-state index contributed by atoms with van der Waals surface area (Å²) >= 11 is 3.51. The Balaban J connectivity index is 1.62. The number of amides is 1. The number of carbonyl (C=O) groups excluding carboxylic acids is 1. The van der Waals surface area contributed by atoms with Crippen LogP contribution in [-0.2, 0) is 6.42 Å². The molecule has 3 aromatic carbocycles. The molecule has 0 radical (unpaired) electrons. The molecule has 0 saturated heterocycles. The van der Waals surface area contributed by atoms with Crippen molar-refractivity contribution in [1.82, 2.24) is 4.90 Å². The molecule has 3 aromatic rings. The van der Waals surface area contributed by atoms with Crippen LogP contribution in [0.1, 0.15) is 34.5 Å². The van der Waals surface area contributed by atoms with Crippen molar-refractivity contribution < 1.29 is 14.6 Å². The van der Waals surface area contributed by atoms with Crippen molar-refractivity contribution in [1.29, 1.82) is 0 Å². The predicted molar refractivity (Wildman–Crippen MR) is 123 cm³/mol. The van der Waals surface area contributed by atoms with E-state index in [1.165, 1.54) is 5.56 Å². The summed E-state index contributed by atoms with van der Waals surface area (Å²) in [7, 11) is 1.71. The molecule has 0 fully saturated rings. The topological polar surface area (TPSA) is 49.8 Å². The van der Waals surface area contributed by atoms with E-state index in [9.17, 15) is 9.90 Å². The first-order chi connectivity index (χ1) is 14.5. The van der Waals surface area contributed by atoms with Crippen molar-refractivity contribution in [2.45, 2.75) is 25.5 Å². The third kappa shape index (κ3) is 5.49. The van der Waals surface area contributed by atoms with Gasteiger partial charge in [0.25, 0.3) is 5.91 Å². The number of nitrogens with zero attached hydrogens (tertiary/aromatic N) is 1. The average Bonchev–Trinajstić information content (AvgIpc) is 2.79. The smallest absolute Gasteiger partial charge is 0.253 e. The van der Waals surface area contributed by atoms with Crippen molar-refractivity contribution in [2.24, 2.45) is 0 Å². The van der Waals surface area contributed by atoms with Crippen molar-refractivity contribution >= 4 is 21.8 Å². The summed E-state index contributed by atoms with van der Waals surface area (Å²) < 4.78 is 6.60. The van der Waals surface area contributed by atoms with Gasteiger partial charge in [-0.25, -0.2) is 0 Å². The van der Waals surface area contributed by atoms with Gasteiger partial charge in [-0.1, -0.05) is 60.7 Å². The summed E-state index contributed by atoms with van der Waals surface area (Å²) in [5.74, 6) is 0.538. The highest BCUT2D eigenvalue weighted by Gasteiger charge is 2.25. The van der Waals surface area contributed by atoms with E-state index in [1.807, 2.05) is 55.5 Å². The molecule has 3 rings (SSSR count). The zero-order valence-corrected chi connectivity index (χ0v) is 18.7. The maximum atomic E-state index is 12.9. The van der Waals surface area contributed by atoms with Crippen molar-refractivity contribution in [3.63, 3.8) is 0 Å². The molecule has 5 heteroatoms. The second-order valence-corrected chi connectivity index (χ2v) is 8.10. The molecule has 4 nitrogen and oxygen atoms in total. The summed E-state index contributed by atoms with van der Waals surface area (Å²) in [6.45, 7) is 2.39. The Labute approximate surface area is 186 Å². The highest BCUT2D eigenvalue weighted by Crippen LogP contribution is 2.28. The summed E-state index contributed by atoms with van der Waals surface area (Å²) in [5, 5.41) is 10.6. The van der Waals surface area contributed by atoms with Crippen LogP contribution in [0.2, 0.25) is 0 Å². The van der Waals surface area contributed by atoms with E-state index in [1.54, 1.807) is 30.1 Å². The highest BCUT2D eigenvalue weighted by molar-refractivity contribution is 9.10. The molecule has 0 heterocycles. The average molecular weight is 468 g/mol. The Morgan fingerprint density at radius 1 is 1.03 bits per heavy atom. The van der Waals surface area contributed by atoms with E-state index in [0.717, 1.165) is 16.5 Å². The lowest BCUT2D eigenvalue weighted by atomic mass is 10.0. The first kappa shape index (κ1) is 22.1. The number of halogens is 1. The minimum Gasteiger partial charge on any atom is -0.492 e. The Bertz CT molecular complexity index is 963. The fraction of sp³-hybridized carbons (Fsp3) is 0.240. The fourth-order valence-corrected chi connectivity index (χ4v) is 3.70. The molecule has 1 N–H and O–H groups in total. The first-order valence-electron chi connectivity index (χ1n) is 9.94. The number of hydrogen-bond acceptors (Lipinski definition) is 3. The van der Waals surface area contributed by atoms with Gasteiger partial charge in [0, 0.05) is 19.0 Å². The van der Waals surface area contributed by atoms with Gasteiger partial charge in [0.15, 0.2) is 0 Å². The zero-order chi connectivity index (χ0) is 21.5. The Hall–Kier alpha value is -2.63. The second kappa shape index (κ2) is 10.4. The quantitative estimate of drug-likeness (QED) is 0.491. The van der Waals surface area contributed by atoms with Gasteiger partial charge in [0.1, 0.15) is 5.75 Å². The van der Waals surface area contributed by atoms with Crippen LogP contribution in [0.5, 0.6) is 5.75 Å². The molecule has 1 amide bonds. The van der Waals surface area contributed by atoms with Crippen molar-refractivity contribution in [3.05, 3.63) is 100 Å². The van der Waals surface area contributed by atoms with E-state index in [2.05, 4.69) is 28.1 Å². The number of aliphatic hydroxyl groups excluding tert-OH is 1. The largest absolute Gasteiger partial charge is 0.492 e. The van der Waals surface area contributed by atoms with Gasteiger partial charge in [-0.3, -0.25) is 4.79 Å². The lowest BCUT2D eigenvalue weighted by molar-refractivity contribution is 0.0487. The molecular formula is C25H26BrNO3. The normalized spacial score (nSPS) is 12.8. The highest BCUT2D eigenvalue weighted by atomic mass is 79.9. The third-order valence-corrected chi connectivity index (χ3v) is 5.82. The number of aliphatic hydroxyl groups is 1. The minimum atomic E-state index is -0.760. The standard InChI is InChI=1S/C25H26BrNO3/c1-18(24(28)20-11-7-4-8-12-20)27(2)25(29)21-13-14-23(22(26)17-21)30-16-15-19-9-5-3-6-10-19/h3-14,17-18,24,28H,15-16H2,1-2H3. The van der Waals surface area contributed by atoms with Gasteiger partial charge in [-0.15, -0.1) is 0 Å². The number of hydrogen-bond donors (Lipinski definition) is 1. The number of likely N-dealkylation sites (N-methyl/N-ethyl adjacent to an activating group) is 1. The van der Waals surface area contributed by atoms with Crippen LogP contribution in [0.4, 0.5) is 0 Å². The van der Waals surface area contributed by atoms with Crippen molar-refractivity contribution in [2.75, 3.05) is 13.7 Å². The van der Waals surface area contributed by atoms with Gasteiger partial charge in [0.2, 0.25) is 0 Å². The van der Waals surface area contributed by atoms with Crippen LogP contribution in [0.15, 0.2) is 83.3 Å². The molecule has 0 spiro atoms. The van der Waals surface area contributed by atoms with Gasteiger partial charge in [-0.05, 0) is 52.2 Å². The number of rotatable bonds is 8. The molecule has 0 saturated carbocycles. The molecule has 2 atom stereocenters. The maximum Gasteiger partial charge on any atom is 0.253 e. The lowest BCUT2D eigenvalue weighted by Gasteiger charge is -2.29. The number of benzene rings is 3. The summed E-state index contributed by atoms with van der Waals surface area (Å²) in [6.07, 6.45) is 0.0511. The van der Waals surface area contributed by atoms with Crippen LogP contribution >= 0.6 is 15.9 Å². The maximum absolute atomic E-state index is 12.9. The summed E-state index contributed by atoms with van der Waals surface area (Å²) in [6, 6.07) is 24.5. The number of ether oxygens (including phenoxy) is 1. The molecule has 0 aliphatic carbocycles. The molecule has 0 aliphatic rings. The van der Waals surface area contributed by atoms with E-state index >= 15 is 0 Å². The van der Waals surface area contributed by atoms with Crippen LogP contribution < -0.4 is 4.74 Å². The summed E-state index contributed by atoms with van der Waals surface area (Å²) in [4.78, 5) is 14.5. The van der Waals surface area contributed by atoms with Gasteiger partial charge < -0.3 is 14.7 Å². The fourth-order valence-electron chi connectivity index (χ4n) is 3.20. The molecule has 156 valence electrons. The zero-order valence-electron chi connectivity index (χ0n) is 17.2. The van der Waals surface area contributed by atoms with Crippen LogP contribution in [0, 0.1) is 0 Å². The molecule has 0 bridgehead atoms. The molecule has 30 heavy (non-hydrogen) atoms. The number of carbonyl (C=O) groups is 1. The van der Waals surface area contributed by atoms with Crippen LogP contribution in [0.3, 0.4) is 0 Å². The van der Waals surface area contributed by atoms with E-state index in [0.29, 0.717) is 17.9 Å². The van der Waals surface area contributed by atoms with E-state index < -0.39 is 6.10 Å². The predicted octanol–water partition coefficient (Wildman–Crippen LogP) is 5.26. The first-order valence-corrected chi connectivity index (χ1v) is 10.7. The van der Waals surface area contributed by atoms with E-state index in [4.69, 9.17) is 4.74 Å². The minimum absolute atomic E-state index is 0.158. The SMILES string of the molecule is CC(C(O)c1ccccc1)N(C)C(=O)c1ccc(OCCc2ccccc2)c(Br)c1. The Morgan fingerprint density at radius 3 is 2.30 bits per heavy atom. The van der Waals surface area contributed by atoms with Gasteiger partial charge in [-0.2, -0.15) is 0 Å². The Kier molecular flexibility index (Phi) is 7.66. The molecule has 0 aliphatic heterocycles. The monoisotopic (exact) mass is 467 g/mol. The second-order valence-electron chi connectivity index (χ2n) is 7.24. The third-order valence-electron chi connectivity index (χ3n) is 5.20. The lowest BCUT2D eigenvalue weighted by Crippen LogP contribution is -2.39.